The van der Waals surface area contributed by atoms with Crippen molar-refractivity contribution in [3.8, 4) is 11.3 Å². The molecule has 1 N–H and O–H groups in total. The van der Waals surface area contributed by atoms with Gasteiger partial charge in [-0.1, -0.05) is 48.2 Å². The Balaban J connectivity index is 1.55. The number of thiazole rings is 1. The molecule has 0 aliphatic carbocycles. The maximum atomic E-state index is 13.8. The van der Waals surface area contributed by atoms with Crippen LogP contribution in [-0.4, -0.2) is 16.6 Å². The van der Waals surface area contributed by atoms with E-state index in [9.17, 15) is 13.6 Å². The average Bonchev–Trinajstić information content (AvgIpc) is 3.09. The van der Waals surface area contributed by atoms with E-state index in [0.29, 0.717) is 0 Å². The van der Waals surface area contributed by atoms with Crippen LogP contribution in [-0.2, 0) is 4.79 Å². The van der Waals surface area contributed by atoms with Gasteiger partial charge in [0.1, 0.15) is 11.6 Å². The van der Waals surface area contributed by atoms with E-state index in [1.54, 1.807) is 6.92 Å². The van der Waals surface area contributed by atoms with E-state index >= 15 is 0 Å². The molecule has 0 radical (unpaired) electrons. The van der Waals surface area contributed by atoms with Crippen molar-refractivity contribution < 1.29 is 13.6 Å². The number of halogens is 2. The van der Waals surface area contributed by atoms with Gasteiger partial charge >= 0.3 is 0 Å². The number of hydrogen-bond acceptors (Lipinski definition) is 4. The van der Waals surface area contributed by atoms with Crippen molar-refractivity contribution in [1.82, 2.24) is 10.3 Å². The lowest BCUT2D eigenvalue weighted by atomic mass is 10.1. The lowest BCUT2D eigenvalue weighted by Gasteiger charge is -2.14. The largest absolute Gasteiger partial charge is 0.349 e. The second kappa shape index (κ2) is 8.42. The molecular weight excluding hydrogens is 374 g/mol. The third-order valence-corrected chi connectivity index (χ3v) is 5.71. The summed E-state index contributed by atoms with van der Waals surface area (Å²) in [7, 11) is 0. The van der Waals surface area contributed by atoms with Gasteiger partial charge in [-0.05, 0) is 13.0 Å². The molecule has 1 aromatic heterocycles. The van der Waals surface area contributed by atoms with Gasteiger partial charge in [0.25, 0.3) is 0 Å². The van der Waals surface area contributed by atoms with Gasteiger partial charge in [0.2, 0.25) is 5.91 Å². The summed E-state index contributed by atoms with van der Waals surface area (Å²) in [6, 6.07) is 12.6. The smallest absolute Gasteiger partial charge is 0.230 e. The molecule has 2 aromatic carbocycles. The first kappa shape index (κ1) is 18.5. The highest BCUT2D eigenvalue weighted by atomic mass is 32.2. The van der Waals surface area contributed by atoms with Gasteiger partial charge in [0.15, 0.2) is 4.34 Å². The summed E-state index contributed by atoms with van der Waals surface area (Å²) in [6.45, 7) is 1.66. The van der Waals surface area contributed by atoms with Gasteiger partial charge in [-0.3, -0.25) is 4.79 Å². The number of carbonyl (C=O) groups is 1. The molecule has 7 heteroatoms. The third-order valence-electron chi connectivity index (χ3n) is 3.69. The summed E-state index contributed by atoms with van der Waals surface area (Å²) in [6.07, 6.45) is 0. The first-order valence-electron chi connectivity index (χ1n) is 7.91. The number of thioether (sulfide) groups is 1. The summed E-state index contributed by atoms with van der Waals surface area (Å²) < 4.78 is 27.5. The maximum Gasteiger partial charge on any atom is 0.230 e. The monoisotopic (exact) mass is 390 g/mol. The molecule has 3 aromatic rings. The molecule has 1 atom stereocenters. The van der Waals surface area contributed by atoms with E-state index in [1.807, 2.05) is 35.7 Å². The first-order chi connectivity index (χ1) is 12.5. The second-order valence-electron chi connectivity index (χ2n) is 5.61. The van der Waals surface area contributed by atoms with Crippen LogP contribution in [0.3, 0.4) is 0 Å². The molecular formula is C19H16F2N2OS2. The standard InChI is InChI=1S/C19H16F2N2OS2/c1-12(15-8-7-14(20)9-16(15)21)22-18(24)11-26-19-23-17(10-25-19)13-5-3-2-4-6-13/h2-10,12H,11H2,1H3,(H,22,24)/t12-/m0/s1. The number of nitrogens with one attached hydrogen (secondary N) is 1. The van der Waals surface area contributed by atoms with Gasteiger partial charge in [-0.15, -0.1) is 11.3 Å². The number of rotatable bonds is 6. The molecule has 0 aliphatic heterocycles. The van der Waals surface area contributed by atoms with Crippen molar-refractivity contribution in [2.75, 3.05) is 5.75 Å². The quantitative estimate of drug-likeness (QED) is 0.599. The van der Waals surface area contributed by atoms with E-state index in [-0.39, 0.29) is 17.2 Å². The molecule has 1 amide bonds. The Morgan fingerprint density at radius 1 is 1.23 bits per heavy atom. The lowest BCUT2D eigenvalue weighted by Crippen LogP contribution is -2.28. The average molecular weight is 390 g/mol. The fourth-order valence-electron chi connectivity index (χ4n) is 2.41. The zero-order chi connectivity index (χ0) is 18.5. The molecule has 0 unspecified atom stereocenters. The van der Waals surface area contributed by atoms with Crippen LogP contribution >= 0.6 is 23.1 Å². The molecule has 3 rings (SSSR count). The number of amides is 1. The lowest BCUT2D eigenvalue weighted by molar-refractivity contribution is -0.119. The summed E-state index contributed by atoms with van der Waals surface area (Å²) >= 11 is 2.81. The minimum absolute atomic E-state index is 0.175. The van der Waals surface area contributed by atoms with Gasteiger partial charge in [0, 0.05) is 22.6 Å². The van der Waals surface area contributed by atoms with Crippen LogP contribution in [0.4, 0.5) is 8.78 Å². The van der Waals surface area contributed by atoms with Crippen molar-refractivity contribution in [3.05, 3.63) is 71.1 Å². The number of nitrogens with zero attached hydrogens (tertiary/aromatic N) is 1. The highest BCUT2D eigenvalue weighted by Crippen LogP contribution is 2.28. The Morgan fingerprint density at radius 2 is 2.00 bits per heavy atom. The first-order valence-corrected chi connectivity index (χ1v) is 9.77. The molecule has 3 nitrogen and oxygen atoms in total. The number of aromatic nitrogens is 1. The Kier molecular flexibility index (Phi) is 6.00. The molecule has 0 spiro atoms. The Hall–Kier alpha value is -2.25. The minimum atomic E-state index is -0.669. The van der Waals surface area contributed by atoms with Gasteiger partial charge in [-0.25, -0.2) is 13.8 Å². The molecule has 0 aliphatic rings. The fourth-order valence-corrected chi connectivity index (χ4v) is 4.05. The maximum absolute atomic E-state index is 13.8. The van der Waals surface area contributed by atoms with Crippen molar-refractivity contribution >= 4 is 29.0 Å². The van der Waals surface area contributed by atoms with Gasteiger partial charge in [0.05, 0.1) is 17.5 Å². The topological polar surface area (TPSA) is 42.0 Å². The van der Waals surface area contributed by atoms with E-state index in [0.717, 1.165) is 21.7 Å². The summed E-state index contributed by atoms with van der Waals surface area (Å²) in [4.78, 5) is 16.6. The number of carbonyl (C=O) groups excluding carboxylic acids is 1. The highest BCUT2D eigenvalue weighted by Gasteiger charge is 2.15. The second-order valence-corrected chi connectivity index (χ2v) is 7.69. The predicted octanol–water partition coefficient (Wildman–Crippen LogP) is 5.06. The Morgan fingerprint density at radius 3 is 2.73 bits per heavy atom. The van der Waals surface area contributed by atoms with Crippen molar-refractivity contribution in [3.63, 3.8) is 0 Å². The normalized spacial score (nSPS) is 12.0. The van der Waals surface area contributed by atoms with E-state index < -0.39 is 17.7 Å². The van der Waals surface area contributed by atoms with Crippen LogP contribution in [0.15, 0.2) is 58.3 Å². The van der Waals surface area contributed by atoms with Crippen molar-refractivity contribution in [2.24, 2.45) is 0 Å². The van der Waals surface area contributed by atoms with Crippen LogP contribution in [0.25, 0.3) is 11.3 Å². The van der Waals surface area contributed by atoms with Crippen LogP contribution in [0.5, 0.6) is 0 Å². The van der Waals surface area contributed by atoms with E-state index in [2.05, 4.69) is 10.3 Å². The summed E-state index contributed by atoms with van der Waals surface area (Å²) in [5.41, 5.74) is 2.16. The van der Waals surface area contributed by atoms with Crippen molar-refractivity contribution in [1.29, 1.82) is 0 Å². The summed E-state index contributed by atoms with van der Waals surface area (Å²) in [5, 5.41) is 4.67. The molecule has 134 valence electrons. The van der Waals surface area contributed by atoms with Crippen LogP contribution < -0.4 is 5.32 Å². The molecule has 0 saturated heterocycles. The van der Waals surface area contributed by atoms with Gasteiger partial charge in [-0.2, -0.15) is 0 Å². The fraction of sp³-hybridized carbons (Fsp3) is 0.158. The van der Waals surface area contributed by atoms with E-state index in [4.69, 9.17) is 0 Å². The molecule has 0 bridgehead atoms. The van der Waals surface area contributed by atoms with Crippen molar-refractivity contribution in [2.45, 2.75) is 17.3 Å². The van der Waals surface area contributed by atoms with Crippen LogP contribution in [0.1, 0.15) is 18.5 Å². The van der Waals surface area contributed by atoms with Crippen LogP contribution in [0, 0.1) is 11.6 Å². The van der Waals surface area contributed by atoms with Crippen LogP contribution in [0.2, 0.25) is 0 Å². The number of hydrogen-bond donors (Lipinski definition) is 1. The molecule has 0 saturated carbocycles. The van der Waals surface area contributed by atoms with Gasteiger partial charge < -0.3 is 5.32 Å². The zero-order valence-electron chi connectivity index (χ0n) is 13.9. The predicted molar refractivity (Wildman–Crippen MR) is 101 cm³/mol. The molecule has 0 fully saturated rings. The molecule has 26 heavy (non-hydrogen) atoms. The Bertz CT molecular complexity index is 900. The Labute approximate surface area is 158 Å². The minimum Gasteiger partial charge on any atom is -0.349 e. The third kappa shape index (κ3) is 4.68. The zero-order valence-corrected chi connectivity index (χ0v) is 15.5. The SMILES string of the molecule is C[C@H](NC(=O)CSc1nc(-c2ccccc2)cs1)c1ccc(F)cc1F. The summed E-state index contributed by atoms with van der Waals surface area (Å²) in [5.74, 6) is -1.37. The van der Waals surface area contributed by atoms with E-state index in [1.165, 1.54) is 35.2 Å². The highest BCUT2D eigenvalue weighted by molar-refractivity contribution is 8.01. The molecule has 1 heterocycles. The number of benzene rings is 2.